The molecule has 1 saturated carbocycles. The van der Waals surface area contributed by atoms with E-state index in [2.05, 4.69) is 19.2 Å². The van der Waals surface area contributed by atoms with Crippen LogP contribution in [-0.2, 0) is 0 Å². The van der Waals surface area contributed by atoms with E-state index in [1.807, 2.05) is 38.2 Å². The summed E-state index contributed by atoms with van der Waals surface area (Å²) in [5, 5.41) is 3.42. The Bertz CT molecular complexity index is 421. The molecule has 20 heavy (non-hydrogen) atoms. The molecule has 0 aromatic heterocycles. The third-order valence-electron chi connectivity index (χ3n) is 4.17. The first-order chi connectivity index (χ1) is 9.65. The normalized spacial score (nSPS) is 30.0. The fraction of sp³-hybridized carbons (Fsp3) is 0.647. The van der Waals surface area contributed by atoms with Crippen molar-refractivity contribution in [2.75, 3.05) is 13.7 Å². The van der Waals surface area contributed by atoms with Crippen molar-refractivity contribution in [3.8, 4) is 11.5 Å². The van der Waals surface area contributed by atoms with Crippen LogP contribution in [0.15, 0.2) is 24.3 Å². The van der Waals surface area contributed by atoms with E-state index in [1.54, 1.807) is 0 Å². The van der Waals surface area contributed by atoms with Crippen molar-refractivity contribution in [2.45, 2.75) is 45.8 Å². The number of hydrogen-bond acceptors (Lipinski definition) is 3. The van der Waals surface area contributed by atoms with Crippen LogP contribution in [0.2, 0.25) is 0 Å². The average Bonchev–Trinajstić information content (AvgIpc) is 2.43. The minimum atomic E-state index is 0.206. The fourth-order valence-electron chi connectivity index (χ4n) is 3.28. The Labute approximate surface area is 122 Å². The Hall–Kier alpha value is -1.22. The van der Waals surface area contributed by atoms with Gasteiger partial charge in [-0.15, -0.1) is 0 Å². The maximum absolute atomic E-state index is 6.32. The number of hydrogen-bond donors (Lipinski definition) is 1. The SMILES string of the molecule is CCOc1ccccc1OC1C(C)CC(C)CC1NC. The maximum atomic E-state index is 6.32. The number of benzene rings is 1. The van der Waals surface area contributed by atoms with E-state index in [9.17, 15) is 0 Å². The predicted molar refractivity (Wildman–Crippen MR) is 82.4 cm³/mol. The number of rotatable bonds is 5. The van der Waals surface area contributed by atoms with Gasteiger partial charge >= 0.3 is 0 Å². The molecule has 0 spiro atoms. The van der Waals surface area contributed by atoms with Gasteiger partial charge in [0, 0.05) is 6.04 Å². The number of para-hydroxylation sites is 2. The molecule has 1 aliphatic carbocycles. The molecule has 0 aliphatic heterocycles. The van der Waals surface area contributed by atoms with Crippen molar-refractivity contribution in [1.82, 2.24) is 5.32 Å². The summed E-state index contributed by atoms with van der Waals surface area (Å²) in [7, 11) is 2.03. The molecule has 3 nitrogen and oxygen atoms in total. The summed E-state index contributed by atoms with van der Waals surface area (Å²) in [5.41, 5.74) is 0. The van der Waals surface area contributed by atoms with Gasteiger partial charge in [-0.1, -0.05) is 26.0 Å². The molecule has 1 N–H and O–H groups in total. The third-order valence-corrected chi connectivity index (χ3v) is 4.17. The zero-order valence-electron chi connectivity index (χ0n) is 13.1. The van der Waals surface area contributed by atoms with E-state index in [0.29, 0.717) is 18.6 Å². The molecule has 1 aromatic carbocycles. The van der Waals surface area contributed by atoms with Gasteiger partial charge in [0.1, 0.15) is 6.10 Å². The Morgan fingerprint density at radius 2 is 1.85 bits per heavy atom. The molecule has 112 valence electrons. The number of nitrogens with one attached hydrogen (secondary N) is 1. The van der Waals surface area contributed by atoms with Gasteiger partial charge in [-0.2, -0.15) is 0 Å². The molecule has 4 atom stereocenters. The highest BCUT2D eigenvalue weighted by molar-refractivity contribution is 5.39. The third kappa shape index (κ3) is 3.45. The number of likely N-dealkylation sites (N-methyl/N-ethyl adjacent to an activating group) is 1. The lowest BCUT2D eigenvalue weighted by atomic mass is 9.78. The average molecular weight is 277 g/mol. The first-order valence-electron chi connectivity index (χ1n) is 7.71. The summed E-state index contributed by atoms with van der Waals surface area (Å²) in [4.78, 5) is 0. The molecular weight excluding hydrogens is 250 g/mol. The molecule has 0 radical (unpaired) electrons. The number of ether oxygens (including phenoxy) is 2. The van der Waals surface area contributed by atoms with Crippen LogP contribution >= 0.6 is 0 Å². The second-order valence-corrected chi connectivity index (χ2v) is 5.91. The van der Waals surface area contributed by atoms with Gasteiger partial charge in [0.2, 0.25) is 0 Å². The predicted octanol–water partition coefficient (Wildman–Crippen LogP) is 3.49. The van der Waals surface area contributed by atoms with Crippen LogP contribution in [0.3, 0.4) is 0 Å². The molecule has 3 heteroatoms. The van der Waals surface area contributed by atoms with Crippen molar-refractivity contribution in [1.29, 1.82) is 0 Å². The van der Waals surface area contributed by atoms with Crippen molar-refractivity contribution in [2.24, 2.45) is 11.8 Å². The van der Waals surface area contributed by atoms with E-state index in [0.717, 1.165) is 17.4 Å². The van der Waals surface area contributed by atoms with Crippen molar-refractivity contribution in [3.05, 3.63) is 24.3 Å². The van der Waals surface area contributed by atoms with Gasteiger partial charge in [-0.3, -0.25) is 0 Å². The van der Waals surface area contributed by atoms with Crippen LogP contribution in [-0.4, -0.2) is 25.8 Å². The molecule has 0 heterocycles. The van der Waals surface area contributed by atoms with E-state index >= 15 is 0 Å². The standard InChI is InChI=1S/C17H27NO2/c1-5-19-15-8-6-7-9-16(15)20-17-13(3)10-12(2)11-14(17)18-4/h6-9,12-14,17-18H,5,10-11H2,1-4H3. The molecule has 1 aliphatic rings. The highest BCUT2D eigenvalue weighted by Crippen LogP contribution is 2.35. The van der Waals surface area contributed by atoms with E-state index in [4.69, 9.17) is 9.47 Å². The quantitative estimate of drug-likeness (QED) is 0.893. The minimum Gasteiger partial charge on any atom is -0.490 e. The molecule has 1 aromatic rings. The summed E-state index contributed by atoms with van der Waals surface area (Å²) in [5.74, 6) is 3.01. The Kier molecular flexibility index (Phi) is 5.30. The minimum absolute atomic E-state index is 0.206. The van der Waals surface area contributed by atoms with Crippen LogP contribution < -0.4 is 14.8 Å². The van der Waals surface area contributed by atoms with E-state index in [1.165, 1.54) is 12.8 Å². The van der Waals surface area contributed by atoms with Crippen LogP contribution in [0, 0.1) is 11.8 Å². The maximum Gasteiger partial charge on any atom is 0.161 e. The molecule has 0 saturated heterocycles. The van der Waals surface area contributed by atoms with Crippen LogP contribution in [0.4, 0.5) is 0 Å². The molecule has 2 rings (SSSR count). The van der Waals surface area contributed by atoms with Crippen LogP contribution in [0.1, 0.15) is 33.6 Å². The summed E-state index contributed by atoms with van der Waals surface area (Å²) in [6.45, 7) is 7.27. The Balaban J connectivity index is 2.15. The Morgan fingerprint density at radius 1 is 1.15 bits per heavy atom. The smallest absolute Gasteiger partial charge is 0.161 e. The zero-order chi connectivity index (χ0) is 14.5. The molecule has 4 unspecified atom stereocenters. The second kappa shape index (κ2) is 6.98. The van der Waals surface area contributed by atoms with Crippen molar-refractivity contribution >= 4 is 0 Å². The van der Waals surface area contributed by atoms with Gasteiger partial charge in [0.25, 0.3) is 0 Å². The summed E-state index contributed by atoms with van der Waals surface area (Å²) < 4.78 is 12.0. The highest BCUT2D eigenvalue weighted by Gasteiger charge is 2.35. The first kappa shape index (κ1) is 15.2. The summed E-state index contributed by atoms with van der Waals surface area (Å²) in [6, 6.07) is 8.37. The summed E-state index contributed by atoms with van der Waals surface area (Å²) in [6.07, 6.45) is 2.60. The van der Waals surface area contributed by atoms with Gasteiger partial charge in [-0.25, -0.2) is 0 Å². The van der Waals surface area contributed by atoms with Gasteiger partial charge in [0.15, 0.2) is 11.5 Å². The lowest BCUT2D eigenvalue weighted by Gasteiger charge is -2.39. The molecule has 0 bridgehead atoms. The van der Waals surface area contributed by atoms with Gasteiger partial charge in [0.05, 0.1) is 6.61 Å². The lowest BCUT2D eigenvalue weighted by molar-refractivity contribution is 0.0481. The van der Waals surface area contributed by atoms with Gasteiger partial charge in [-0.05, 0) is 50.8 Å². The summed E-state index contributed by atoms with van der Waals surface area (Å²) >= 11 is 0. The molecule has 1 fully saturated rings. The lowest BCUT2D eigenvalue weighted by Crippen LogP contribution is -2.49. The second-order valence-electron chi connectivity index (χ2n) is 5.91. The topological polar surface area (TPSA) is 30.5 Å². The van der Waals surface area contributed by atoms with Crippen molar-refractivity contribution in [3.63, 3.8) is 0 Å². The van der Waals surface area contributed by atoms with Gasteiger partial charge < -0.3 is 14.8 Å². The van der Waals surface area contributed by atoms with E-state index in [-0.39, 0.29) is 6.10 Å². The monoisotopic (exact) mass is 277 g/mol. The van der Waals surface area contributed by atoms with E-state index < -0.39 is 0 Å². The largest absolute Gasteiger partial charge is 0.490 e. The van der Waals surface area contributed by atoms with Crippen LogP contribution in [0.5, 0.6) is 11.5 Å². The fourth-order valence-corrected chi connectivity index (χ4v) is 3.28. The first-order valence-corrected chi connectivity index (χ1v) is 7.71. The highest BCUT2D eigenvalue weighted by atomic mass is 16.5. The molecule has 0 amide bonds. The molecular formula is C17H27NO2. The van der Waals surface area contributed by atoms with Crippen LogP contribution in [0.25, 0.3) is 0 Å². The Morgan fingerprint density at radius 3 is 2.50 bits per heavy atom. The zero-order valence-corrected chi connectivity index (χ0v) is 13.1. The van der Waals surface area contributed by atoms with Crippen molar-refractivity contribution < 1.29 is 9.47 Å².